The lowest BCUT2D eigenvalue weighted by molar-refractivity contribution is 0.222. The number of likely N-dealkylation sites (tertiary alicyclic amines) is 1. The highest BCUT2D eigenvalue weighted by atomic mass is 15.2. The van der Waals surface area contributed by atoms with Gasteiger partial charge in [0.25, 0.3) is 0 Å². The van der Waals surface area contributed by atoms with E-state index in [2.05, 4.69) is 30.0 Å². The Morgan fingerprint density at radius 3 is 2.47 bits per heavy atom. The average molecular weight is 229 g/mol. The number of hydrogen-bond donors (Lipinski definition) is 0. The van der Waals surface area contributed by atoms with Crippen LogP contribution in [-0.4, -0.2) is 24.0 Å². The maximum absolute atomic E-state index is 2.73. The van der Waals surface area contributed by atoms with E-state index in [0.717, 1.165) is 6.04 Å². The molecule has 0 aromatic heterocycles. The minimum Gasteiger partial charge on any atom is -0.300 e. The van der Waals surface area contributed by atoms with E-state index in [1.54, 1.807) is 11.1 Å². The Labute approximate surface area is 105 Å². The number of benzene rings is 1. The molecule has 1 fully saturated rings. The molecule has 17 heavy (non-hydrogen) atoms. The molecule has 92 valence electrons. The van der Waals surface area contributed by atoms with Crippen LogP contribution in [0.1, 0.15) is 42.4 Å². The van der Waals surface area contributed by atoms with Crippen LogP contribution in [0, 0.1) is 6.92 Å². The third kappa shape index (κ3) is 2.40. The lowest BCUT2D eigenvalue weighted by atomic mass is 10.0. The van der Waals surface area contributed by atoms with E-state index >= 15 is 0 Å². The van der Waals surface area contributed by atoms with Crippen molar-refractivity contribution >= 4 is 0 Å². The van der Waals surface area contributed by atoms with E-state index < -0.39 is 0 Å². The standard InChI is InChI=1S/C16H23N/c1-13-4-5-14-6-8-16(9-7-15(14)12-13)17-10-2-3-11-17/h4-5,12,16H,2-3,6-11H2,1H3/t16-/m0/s1. The molecule has 1 aromatic rings. The molecule has 1 saturated heterocycles. The van der Waals surface area contributed by atoms with Gasteiger partial charge in [0.1, 0.15) is 0 Å². The first-order valence-electron chi connectivity index (χ1n) is 7.15. The molecule has 0 N–H and O–H groups in total. The van der Waals surface area contributed by atoms with E-state index in [9.17, 15) is 0 Å². The second-order valence-electron chi connectivity index (χ2n) is 5.75. The second kappa shape index (κ2) is 4.81. The number of aryl methyl sites for hydroxylation is 3. The molecule has 1 aromatic carbocycles. The zero-order valence-electron chi connectivity index (χ0n) is 10.9. The van der Waals surface area contributed by atoms with Crippen LogP contribution < -0.4 is 0 Å². The number of fused-ring (bicyclic) bond motifs is 1. The Kier molecular flexibility index (Phi) is 3.19. The van der Waals surface area contributed by atoms with Gasteiger partial charge in [-0.05, 0) is 69.7 Å². The first kappa shape index (κ1) is 11.3. The molecule has 0 saturated carbocycles. The zero-order chi connectivity index (χ0) is 11.7. The van der Waals surface area contributed by atoms with E-state index in [0.29, 0.717) is 0 Å². The fourth-order valence-corrected chi connectivity index (χ4v) is 3.49. The van der Waals surface area contributed by atoms with Crippen LogP contribution in [0.25, 0.3) is 0 Å². The van der Waals surface area contributed by atoms with Gasteiger partial charge in [0.2, 0.25) is 0 Å². The summed E-state index contributed by atoms with van der Waals surface area (Å²) in [5, 5.41) is 0. The Hall–Kier alpha value is -0.820. The molecule has 0 bridgehead atoms. The van der Waals surface area contributed by atoms with Crippen molar-refractivity contribution in [2.45, 2.75) is 51.5 Å². The van der Waals surface area contributed by atoms with Crippen molar-refractivity contribution in [3.8, 4) is 0 Å². The van der Waals surface area contributed by atoms with Gasteiger partial charge in [-0.2, -0.15) is 0 Å². The van der Waals surface area contributed by atoms with E-state index in [1.165, 1.54) is 57.2 Å². The highest BCUT2D eigenvalue weighted by Crippen LogP contribution is 2.26. The van der Waals surface area contributed by atoms with Crippen molar-refractivity contribution in [3.63, 3.8) is 0 Å². The van der Waals surface area contributed by atoms with Gasteiger partial charge < -0.3 is 4.90 Å². The molecule has 0 radical (unpaired) electrons. The summed E-state index contributed by atoms with van der Waals surface area (Å²) in [6.45, 7) is 4.91. The van der Waals surface area contributed by atoms with Gasteiger partial charge >= 0.3 is 0 Å². The SMILES string of the molecule is Cc1ccc2c(c1)CC[C@@H](N1CCCC1)CC2. The van der Waals surface area contributed by atoms with Gasteiger partial charge in [0.05, 0.1) is 0 Å². The van der Waals surface area contributed by atoms with Crippen LogP contribution in [0.15, 0.2) is 18.2 Å². The summed E-state index contributed by atoms with van der Waals surface area (Å²) in [7, 11) is 0. The lowest BCUT2D eigenvalue weighted by Gasteiger charge is -2.25. The molecule has 0 spiro atoms. The smallest absolute Gasteiger partial charge is 0.0102 e. The number of nitrogens with zero attached hydrogens (tertiary/aromatic N) is 1. The maximum atomic E-state index is 2.73. The van der Waals surface area contributed by atoms with Gasteiger partial charge in [0.15, 0.2) is 0 Å². The third-order valence-electron chi connectivity index (χ3n) is 4.51. The van der Waals surface area contributed by atoms with Gasteiger partial charge in [-0.1, -0.05) is 23.8 Å². The van der Waals surface area contributed by atoms with Crippen molar-refractivity contribution in [1.29, 1.82) is 0 Å². The fourth-order valence-electron chi connectivity index (χ4n) is 3.49. The summed E-state index contributed by atoms with van der Waals surface area (Å²) in [5.74, 6) is 0. The summed E-state index contributed by atoms with van der Waals surface area (Å²) >= 11 is 0. The average Bonchev–Trinajstić information content (AvgIpc) is 2.77. The Morgan fingerprint density at radius 1 is 1.00 bits per heavy atom. The fraction of sp³-hybridized carbons (Fsp3) is 0.625. The molecule has 0 amide bonds. The molecule has 2 aliphatic rings. The van der Waals surface area contributed by atoms with Crippen molar-refractivity contribution < 1.29 is 0 Å². The lowest BCUT2D eigenvalue weighted by Crippen LogP contribution is -2.32. The number of hydrogen-bond acceptors (Lipinski definition) is 1. The van der Waals surface area contributed by atoms with E-state index in [4.69, 9.17) is 0 Å². The summed E-state index contributed by atoms with van der Waals surface area (Å²) in [6, 6.07) is 7.89. The molecule has 1 atom stereocenters. The van der Waals surface area contributed by atoms with Crippen LogP contribution in [-0.2, 0) is 12.8 Å². The quantitative estimate of drug-likeness (QED) is 0.668. The second-order valence-corrected chi connectivity index (χ2v) is 5.75. The molecule has 1 heterocycles. The first-order valence-corrected chi connectivity index (χ1v) is 7.15. The van der Waals surface area contributed by atoms with Gasteiger partial charge in [-0.3, -0.25) is 0 Å². The van der Waals surface area contributed by atoms with E-state index in [1.807, 2.05) is 0 Å². The first-order chi connectivity index (χ1) is 8.33. The third-order valence-corrected chi connectivity index (χ3v) is 4.51. The van der Waals surface area contributed by atoms with Crippen molar-refractivity contribution in [1.82, 2.24) is 4.90 Å². The largest absolute Gasteiger partial charge is 0.300 e. The predicted molar refractivity (Wildman–Crippen MR) is 72.4 cm³/mol. The van der Waals surface area contributed by atoms with E-state index in [-0.39, 0.29) is 0 Å². The summed E-state index contributed by atoms with van der Waals surface area (Å²) in [6.07, 6.45) is 8.16. The molecular formula is C16H23N. The Bertz CT molecular complexity index is 391. The normalized spacial score (nSPS) is 25.6. The topological polar surface area (TPSA) is 3.24 Å². The zero-order valence-corrected chi connectivity index (χ0v) is 10.9. The predicted octanol–water partition coefficient (Wildman–Crippen LogP) is 3.34. The molecule has 1 heteroatoms. The van der Waals surface area contributed by atoms with Gasteiger partial charge in [-0.25, -0.2) is 0 Å². The number of rotatable bonds is 1. The summed E-state index contributed by atoms with van der Waals surface area (Å²) in [4.78, 5) is 2.73. The minimum atomic E-state index is 0.852. The van der Waals surface area contributed by atoms with Crippen molar-refractivity contribution in [2.24, 2.45) is 0 Å². The summed E-state index contributed by atoms with van der Waals surface area (Å²) in [5.41, 5.74) is 4.65. The van der Waals surface area contributed by atoms with Crippen molar-refractivity contribution in [2.75, 3.05) is 13.1 Å². The molecule has 3 rings (SSSR count). The monoisotopic (exact) mass is 229 g/mol. The van der Waals surface area contributed by atoms with Crippen molar-refractivity contribution in [3.05, 3.63) is 34.9 Å². The molecule has 1 aliphatic carbocycles. The summed E-state index contributed by atoms with van der Waals surface area (Å²) < 4.78 is 0. The Morgan fingerprint density at radius 2 is 1.71 bits per heavy atom. The van der Waals surface area contributed by atoms with Crippen LogP contribution in [0.2, 0.25) is 0 Å². The highest BCUT2D eigenvalue weighted by Gasteiger charge is 2.24. The highest BCUT2D eigenvalue weighted by molar-refractivity contribution is 5.32. The van der Waals surface area contributed by atoms with Crippen LogP contribution >= 0.6 is 0 Å². The molecule has 0 unspecified atom stereocenters. The van der Waals surface area contributed by atoms with Crippen LogP contribution in [0.3, 0.4) is 0 Å². The molecule has 1 nitrogen and oxygen atoms in total. The van der Waals surface area contributed by atoms with Gasteiger partial charge in [-0.15, -0.1) is 0 Å². The van der Waals surface area contributed by atoms with Crippen LogP contribution in [0.4, 0.5) is 0 Å². The van der Waals surface area contributed by atoms with Gasteiger partial charge in [0, 0.05) is 6.04 Å². The Balaban J connectivity index is 1.74. The molecule has 1 aliphatic heterocycles. The maximum Gasteiger partial charge on any atom is 0.0102 e. The molecular weight excluding hydrogens is 206 g/mol. The minimum absolute atomic E-state index is 0.852. The van der Waals surface area contributed by atoms with Crippen LogP contribution in [0.5, 0.6) is 0 Å².